The van der Waals surface area contributed by atoms with Crippen LogP contribution in [0.25, 0.3) is 21.9 Å². The summed E-state index contributed by atoms with van der Waals surface area (Å²) in [6, 6.07) is 13.3. The summed E-state index contributed by atoms with van der Waals surface area (Å²) in [6.07, 6.45) is 1.07. The summed E-state index contributed by atoms with van der Waals surface area (Å²) in [7, 11) is 0. The molecule has 3 rings (SSSR count). The molecule has 0 atom stereocenters. The van der Waals surface area contributed by atoms with Crippen molar-refractivity contribution in [2.45, 2.75) is 13.3 Å². The SMILES string of the molecule is CCc1ccc2oc3cc(I(C)C)ccc3c2c1. The number of hydrogen-bond acceptors (Lipinski definition) is 1. The van der Waals surface area contributed by atoms with Crippen molar-refractivity contribution in [1.82, 2.24) is 0 Å². The summed E-state index contributed by atoms with van der Waals surface area (Å²) in [4.78, 5) is 4.73. The maximum absolute atomic E-state index is 5.97. The van der Waals surface area contributed by atoms with Gasteiger partial charge in [-0.05, 0) is 0 Å². The first-order valence-electron chi connectivity index (χ1n) is 6.14. The van der Waals surface area contributed by atoms with E-state index in [2.05, 4.69) is 53.2 Å². The predicted molar refractivity (Wildman–Crippen MR) is 87.7 cm³/mol. The molecule has 18 heavy (non-hydrogen) atoms. The first-order valence-corrected chi connectivity index (χ1v) is 11.5. The van der Waals surface area contributed by atoms with Gasteiger partial charge in [0.15, 0.2) is 0 Å². The van der Waals surface area contributed by atoms with Gasteiger partial charge in [-0.25, -0.2) is 0 Å². The summed E-state index contributed by atoms with van der Waals surface area (Å²) >= 11 is -0.922. The van der Waals surface area contributed by atoms with Crippen LogP contribution in [0, 0.1) is 3.57 Å². The van der Waals surface area contributed by atoms with Gasteiger partial charge in [0.2, 0.25) is 0 Å². The van der Waals surface area contributed by atoms with E-state index in [1.807, 2.05) is 0 Å². The topological polar surface area (TPSA) is 13.1 Å². The second-order valence-electron chi connectivity index (χ2n) is 4.68. The fourth-order valence-corrected chi connectivity index (χ4v) is 4.06. The van der Waals surface area contributed by atoms with Gasteiger partial charge in [-0.1, -0.05) is 0 Å². The summed E-state index contributed by atoms with van der Waals surface area (Å²) in [5, 5.41) is 2.50. The summed E-state index contributed by atoms with van der Waals surface area (Å²) < 4.78 is 7.46. The Morgan fingerprint density at radius 2 is 1.78 bits per heavy atom. The molecule has 0 radical (unpaired) electrons. The molecule has 1 heterocycles. The summed E-state index contributed by atoms with van der Waals surface area (Å²) in [5.74, 6) is 0. The van der Waals surface area contributed by atoms with Gasteiger partial charge in [0, 0.05) is 0 Å². The number of furan rings is 1. The summed E-state index contributed by atoms with van der Waals surface area (Å²) in [5.41, 5.74) is 3.42. The van der Waals surface area contributed by atoms with E-state index < -0.39 is 19.8 Å². The molecule has 0 spiro atoms. The third-order valence-electron chi connectivity index (χ3n) is 3.34. The van der Waals surface area contributed by atoms with E-state index in [0.29, 0.717) is 0 Å². The van der Waals surface area contributed by atoms with E-state index in [0.717, 1.165) is 17.6 Å². The third-order valence-corrected chi connectivity index (χ3v) is 6.50. The molecule has 0 saturated carbocycles. The van der Waals surface area contributed by atoms with Crippen LogP contribution in [0.5, 0.6) is 0 Å². The van der Waals surface area contributed by atoms with Crippen LogP contribution in [-0.4, -0.2) is 9.86 Å². The van der Waals surface area contributed by atoms with E-state index in [4.69, 9.17) is 4.42 Å². The molecule has 2 heteroatoms. The Kier molecular flexibility index (Phi) is 3.06. The van der Waals surface area contributed by atoms with Gasteiger partial charge < -0.3 is 0 Å². The molecule has 0 N–H and O–H groups in total. The predicted octanol–water partition coefficient (Wildman–Crippen LogP) is 5.08. The average molecular weight is 352 g/mol. The first kappa shape index (κ1) is 12.0. The first-order chi connectivity index (χ1) is 8.69. The zero-order chi connectivity index (χ0) is 12.7. The maximum atomic E-state index is 5.97. The molecule has 1 nitrogen and oxygen atoms in total. The van der Waals surface area contributed by atoms with Crippen LogP contribution in [0.15, 0.2) is 40.8 Å². The number of benzene rings is 2. The fourth-order valence-electron chi connectivity index (χ4n) is 2.25. The Hall–Kier alpha value is -1.03. The monoisotopic (exact) mass is 352 g/mol. The molecule has 0 aliphatic carbocycles. The molecule has 0 saturated heterocycles. The zero-order valence-electron chi connectivity index (χ0n) is 11.0. The Balaban J connectivity index is 2.30. The van der Waals surface area contributed by atoms with Gasteiger partial charge in [-0.3, -0.25) is 0 Å². The number of aryl methyl sites for hydroxylation is 1. The van der Waals surface area contributed by atoms with Crippen LogP contribution < -0.4 is 0 Å². The van der Waals surface area contributed by atoms with E-state index in [1.54, 1.807) is 0 Å². The van der Waals surface area contributed by atoms with Gasteiger partial charge in [-0.15, -0.1) is 0 Å². The fraction of sp³-hybridized carbons (Fsp3) is 0.250. The van der Waals surface area contributed by atoms with Crippen LogP contribution in [0.1, 0.15) is 12.5 Å². The van der Waals surface area contributed by atoms with Gasteiger partial charge in [-0.2, -0.15) is 0 Å². The quantitative estimate of drug-likeness (QED) is 0.463. The van der Waals surface area contributed by atoms with Crippen LogP contribution in [0.3, 0.4) is 0 Å². The molecule has 3 aromatic rings. The number of hydrogen-bond donors (Lipinski definition) is 0. The molecule has 0 fully saturated rings. The minimum absolute atomic E-state index is 0.922. The molecule has 0 aliphatic heterocycles. The van der Waals surface area contributed by atoms with Crippen LogP contribution >= 0.6 is 19.8 Å². The third kappa shape index (κ3) is 1.92. The Labute approximate surface area is 115 Å². The molecule has 94 valence electrons. The molecule has 0 unspecified atom stereocenters. The zero-order valence-corrected chi connectivity index (χ0v) is 13.1. The Morgan fingerprint density at radius 3 is 2.50 bits per heavy atom. The molecule has 0 amide bonds. The van der Waals surface area contributed by atoms with Crippen molar-refractivity contribution in [3.63, 3.8) is 0 Å². The van der Waals surface area contributed by atoms with Crippen molar-refractivity contribution in [2.75, 3.05) is 9.86 Å². The van der Waals surface area contributed by atoms with Crippen LogP contribution in [0.2, 0.25) is 0 Å². The molecule has 2 aromatic carbocycles. The molecule has 0 aliphatic rings. The van der Waals surface area contributed by atoms with Crippen molar-refractivity contribution in [3.8, 4) is 0 Å². The second-order valence-corrected chi connectivity index (χ2v) is 10.2. The number of alkyl halides is 2. The summed E-state index contributed by atoms with van der Waals surface area (Å²) in [6.45, 7) is 2.19. The normalized spacial score (nSPS) is 12.3. The molecular weight excluding hydrogens is 335 g/mol. The van der Waals surface area contributed by atoms with E-state index in [-0.39, 0.29) is 0 Å². The van der Waals surface area contributed by atoms with Crippen molar-refractivity contribution in [2.24, 2.45) is 0 Å². The second kappa shape index (κ2) is 4.57. The van der Waals surface area contributed by atoms with Crippen molar-refractivity contribution in [3.05, 3.63) is 45.5 Å². The number of halogens is 1. The van der Waals surface area contributed by atoms with E-state index >= 15 is 0 Å². The van der Waals surface area contributed by atoms with Crippen molar-refractivity contribution in [1.29, 1.82) is 0 Å². The van der Waals surface area contributed by atoms with Crippen LogP contribution in [-0.2, 0) is 6.42 Å². The van der Waals surface area contributed by atoms with E-state index in [9.17, 15) is 0 Å². The minimum atomic E-state index is -0.922. The molecule has 0 bridgehead atoms. The standard InChI is InChI=1S/C16H17IO/c1-4-11-5-8-15-14(9-11)13-7-6-12(17(2)3)10-16(13)18-15/h5-10H,4H2,1-3H3. The number of rotatable bonds is 2. The van der Waals surface area contributed by atoms with Crippen molar-refractivity contribution < 1.29 is 4.42 Å². The molecular formula is C16H17IO. The van der Waals surface area contributed by atoms with Gasteiger partial charge in [0.25, 0.3) is 0 Å². The average Bonchev–Trinajstić information content (AvgIpc) is 2.75. The molecule has 1 aromatic heterocycles. The van der Waals surface area contributed by atoms with Gasteiger partial charge in [0.05, 0.1) is 0 Å². The van der Waals surface area contributed by atoms with Crippen LogP contribution in [0.4, 0.5) is 0 Å². The van der Waals surface area contributed by atoms with E-state index in [1.165, 1.54) is 19.9 Å². The van der Waals surface area contributed by atoms with Gasteiger partial charge >= 0.3 is 115 Å². The van der Waals surface area contributed by atoms with Crippen molar-refractivity contribution >= 4 is 41.8 Å². The Morgan fingerprint density at radius 1 is 0.944 bits per heavy atom. The Bertz CT molecular complexity index is 710. The number of fused-ring (bicyclic) bond motifs is 3. The van der Waals surface area contributed by atoms with Gasteiger partial charge in [0.1, 0.15) is 0 Å².